The molecule has 0 atom stereocenters. The SMILES string of the molecule is Cc1cc(C(=O)O)ccc1N=Cc1cccn1C. The minimum Gasteiger partial charge on any atom is -0.478 e. The Morgan fingerprint density at radius 3 is 2.72 bits per heavy atom. The number of rotatable bonds is 3. The molecule has 2 aromatic rings. The van der Waals surface area contributed by atoms with E-state index in [1.807, 2.05) is 36.9 Å². The predicted molar refractivity (Wildman–Crippen MR) is 70.8 cm³/mol. The van der Waals surface area contributed by atoms with Crippen molar-refractivity contribution in [3.8, 4) is 0 Å². The molecular formula is C14H14N2O2. The van der Waals surface area contributed by atoms with Gasteiger partial charge in [0, 0.05) is 13.2 Å². The average Bonchev–Trinajstić information content (AvgIpc) is 2.73. The normalized spacial score (nSPS) is 11.0. The van der Waals surface area contributed by atoms with Gasteiger partial charge in [0.25, 0.3) is 0 Å². The van der Waals surface area contributed by atoms with Crippen molar-refractivity contribution in [1.82, 2.24) is 4.57 Å². The summed E-state index contributed by atoms with van der Waals surface area (Å²) in [5.41, 5.74) is 2.91. The number of hydrogen-bond acceptors (Lipinski definition) is 2. The van der Waals surface area contributed by atoms with Gasteiger partial charge in [0.05, 0.1) is 23.2 Å². The summed E-state index contributed by atoms with van der Waals surface area (Å²) in [4.78, 5) is 15.2. The van der Waals surface area contributed by atoms with Gasteiger partial charge in [-0.05, 0) is 42.8 Å². The zero-order chi connectivity index (χ0) is 13.1. The van der Waals surface area contributed by atoms with Crippen LogP contribution >= 0.6 is 0 Å². The van der Waals surface area contributed by atoms with E-state index in [2.05, 4.69) is 4.99 Å². The predicted octanol–water partition coefficient (Wildman–Crippen LogP) is 2.78. The highest BCUT2D eigenvalue weighted by Crippen LogP contribution is 2.19. The number of aromatic carboxylic acids is 1. The van der Waals surface area contributed by atoms with Crippen molar-refractivity contribution in [2.24, 2.45) is 12.0 Å². The van der Waals surface area contributed by atoms with E-state index in [1.165, 1.54) is 0 Å². The van der Waals surface area contributed by atoms with Crippen molar-refractivity contribution in [2.75, 3.05) is 0 Å². The molecule has 4 nitrogen and oxygen atoms in total. The molecule has 0 amide bonds. The fourth-order valence-electron chi connectivity index (χ4n) is 1.68. The van der Waals surface area contributed by atoms with Crippen molar-refractivity contribution >= 4 is 17.9 Å². The Kier molecular flexibility index (Phi) is 3.28. The zero-order valence-corrected chi connectivity index (χ0v) is 10.3. The molecule has 1 heterocycles. The summed E-state index contributed by atoms with van der Waals surface area (Å²) in [7, 11) is 1.95. The number of benzene rings is 1. The van der Waals surface area contributed by atoms with Crippen LogP contribution in [-0.2, 0) is 7.05 Å². The molecule has 0 fully saturated rings. The number of aliphatic imine (C=N–C) groups is 1. The average molecular weight is 242 g/mol. The maximum atomic E-state index is 10.8. The van der Waals surface area contributed by atoms with Crippen molar-refractivity contribution in [3.05, 3.63) is 53.3 Å². The fourth-order valence-corrected chi connectivity index (χ4v) is 1.68. The first-order valence-electron chi connectivity index (χ1n) is 5.57. The lowest BCUT2D eigenvalue weighted by molar-refractivity contribution is 0.0697. The van der Waals surface area contributed by atoms with Crippen LogP contribution in [0.4, 0.5) is 5.69 Å². The van der Waals surface area contributed by atoms with E-state index in [-0.39, 0.29) is 5.56 Å². The van der Waals surface area contributed by atoms with Crippen LogP contribution < -0.4 is 0 Å². The minimum atomic E-state index is -0.920. The van der Waals surface area contributed by atoms with Crippen molar-refractivity contribution in [3.63, 3.8) is 0 Å². The lowest BCUT2D eigenvalue weighted by Crippen LogP contribution is -1.96. The Bertz CT molecular complexity index is 612. The molecule has 0 aliphatic carbocycles. The van der Waals surface area contributed by atoms with Crippen LogP contribution in [0, 0.1) is 6.92 Å². The number of carbonyl (C=O) groups is 1. The lowest BCUT2D eigenvalue weighted by Gasteiger charge is -2.02. The van der Waals surface area contributed by atoms with Gasteiger partial charge in [-0.25, -0.2) is 4.79 Å². The quantitative estimate of drug-likeness (QED) is 0.841. The fraction of sp³-hybridized carbons (Fsp3) is 0.143. The summed E-state index contributed by atoms with van der Waals surface area (Å²) in [6, 6.07) is 8.82. The van der Waals surface area contributed by atoms with Crippen LogP contribution in [0.15, 0.2) is 41.5 Å². The lowest BCUT2D eigenvalue weighted by atomic mass is 10.1. The Balaban J connectivity index is 2.28. The summed E-state index contributed by atoms with van der Waals surface area (Å²) in [5, 5.41) is 8.87. The van der Waals surface area contributed by atoms with Crippen molar-refractivity contribution in [2.45, 2.75) is 6.92 Å². The monoisotopic (exact) mass is 242 g/mol. The minimum absolute atomic E-state index is 0.283. The van der Waals surface area contributed by atoms with Gasteiger partial charge in [0.1, 0.15) is 0 Å². The van der Waals surface area contributed by atoms with E-state index in [0.29, 0.717) is 0 Å². The third-order valence-electron chi connectivity index (χ3n) is 2.76. The van der Waals surface area contributed by atoms with E-state index in [9.17, 15) is 4.79 Å². The molecule has 0 unspecified atom stereocenters. The molecule has 0 spiro atoms. The van der Waals surface area contributed by atoms with Gasteiger partial charge in [-0.15, -0.1) is 0 Å². The molecule has 0 saturated heterocycles. The zero-order valence-electron chi connectivity index (χ0n) is 10.3. The second-order valence-corrected chi connectivity index (χ2v) is 4.11. The highest BCUT2D eigenvalue weighted by atomic mass is 16.4. The first-order valence-corrected chi connectivity index (χ1v) is 5.57. The van der Waals surface area contributed by atoms with Gasteiger partial charge in [-0.2, -0.15) is 0 Å². The van der Waals surface area contributed by atoms with Crippen LogP contribution in [0.5, 0.6) is 0 Å². The topological polar surface area (TPSA) is 54.6 Å². The molecule has 18 heavy (non-hydrogen) atoms. The Hall–Kier alpha value is -2.36. The summed E-state index contributed by atoms with van der Waals surface area (Å²) in [6.07, 6.45) is 3.71. The summed E-state index contributed by atoms with van der Waals surface area (Å²) < 4.78 is 1.96. The summed E-state index contributed by atoms with van der Waals surface area (Å²) in [5.74, 6) is -0.920. The van der Waals surface area contributed by atoms with Gasteiger partial charge >= 0.3 is 5.97 Å². The molecule has 2 rings (SSSR count). The van der Waals surface area contributed by atoms with Gasteiger partial charge in [-0.1, -0.05) is 0 Å². The molecule has 92 valence electrons. The van der Waals surface area contributed by atoms with Crippen molar-refractivity contribution in [1.29, 1.82) is 0 Å². The van der Waals surface area contributed by atoms with Crippen LogP contribution in [0.25, 0.3) is 0 Å². The van der Waals surface area contributed by atoms with E-state index >= 15 is 0 Å². The number of aromatic nitrogens is 1. The number of aryl methyl sites for hydroxylation is 2. The molecule has 0 saturated carbocycles. The van der Waals surface area contributed by atoms with E-state index in [1.54, 1.807) is 24.4 Å². The van der Waals surface area contributed by atoms with Gasteiger partial charge in [-0.3, -0.25) is 4.99 Å². The highest BCUT2D eigenvalue weighted by Gasteiger charge is 2.04. The molecule has 1 aromatic carbocycles. The molecule has 0 bridgehead atoms. The Labute approximate surface area is 105 Å². The second kappa shape index (κ2) is 4.87. The molecular weight excluding hydrogens is 228 g/mol. The molecule has 1 aromatic heterocycles. The summed E-state index contributed by atoms with van der Waals surface area (Å²) >= 11 is 0. The molecule has 1 N–H and O–H groups in total. The van der Waals surface area contributed by atoms with E-state index in [4.69, 9.17) is 5.11 Å². The number of carboxylic acid groups (broad SMARTS) is 1. The molecule has 4 heteroatoms. The van der Waals surface area contributed by atoms with Crippen LogP contribution in [0.1, 0.15) is 21.6 Å². The summed E-state index contributed by atoms with van der Waals surface area (Å²) in [6.45, 7) is 1.85. The third-order valence-corrected chi connectivity index (χ3v) is 2.76. The van der Waals surface area contributed by atoms with Gasteiger partial charge in [0.2, 0.25) is 0 Å². The van der Waals surface area contributed by atoms with E-state index in [0.717, 1.165) is 16.9 Å². The number of carboxylic acids is 1. The number of nitrogens with zero attached hydrogens (tertiary/aromatic N) is 2. The standard InChI is InChI=1S/C14H14N2O2/c1-10-8-11(14(17)18)5-6-13(10)15-9-12-4-3-7-16(12)2/h3-9H,1-2H3,(H,17,18). The smallest absolute Gasteiger partial charge is 0.335 e. The third kappa shape index (κ3) is 2.48. The highest BCUT2D eigenvalue weighted by molar-refractivity contribution is 5.89. The maximum absolute atomic E-state index is 10.8. The maximum Gasteiger partial charge on any atom is 0.335 e. The second-order valence-electron chi connectivity index (χ2n) is 4.11. The molecule has 0 aliphatic heterocycles. The largest absolute Gasteiger partial charge is 0.478 e. The number of hydrogen-bond donors (Lipinski definition) is 1. The Morgan fingerprint density at radius 2 is 2.17 bits per heavy atom. The molecule has 0 aliphatic rings. The van der Waals surface area contributed by atoms with Gasteiger partial charge in [0.15, 0.2) is 0 Å². The van der Waals surface area contributed by atoms with Crippen LogP contribution in [0.2, 0.25) is 0 Å². The van der Waals surface area contributed by atoms with Gasteiger partial charge < -0.3 is 9.67 Å². The van der Waals surface area contributed by atoms with E-state index < -0.39 is 5.97 Å². The first-order chi connectivity index (χ1) is 8.58. The van der Waals surface area contributed by atoms with Crippen molar-refractivity contribution < 1.29 is 9.90 Å². The molecule has 0 radical (unpaired) electrons. The first kappa shape index (κ1) is 12.1. The Morgan fingerprint density at radius 1 is 1.39 bits per heavy atom. The van der Waals surface area contributed by atoms with Crippen LogP contribution in [-0.4, -0.2) is 21.9 Å². The van der Waals surface area contributed by atoms with Crippen LogP contribution in [0.3, 0.4) is 0 Å².